The van der Waals surface area contributed by atoms with Crippen LogP contribution in [0.15, 0.2) is 138 Å². The number of benzene rings is 6. The van der Waals surface area contributed by atoms with E-state index in [0.717, 1.165) is 44.5 Å². The van der Waals surface area contributed by atoms with Crippen LogP contribution in [0.25, 0.3) is 55.6 Å². The fraction of sp³-hybridized carbons (Fsp3) is 0.370. The van der Waals surface area contributed by atoms with Gasteiger partial charge in [-0.3, -0.25) is 0 Å². The monoisotopic (exact) mass is 1240 g/mol. The Morgan fingerprint density at radius 3 is 1.51 bits per heavy atom. The molecule has 79 heavy (non-hydrogen) atoms. The number of nitrogens with zero attached hydrogens (tertiary/aromatic N) is 2. The van der Waals surface area contributed by atoms with Crippen LogP contribution in [-0.4, -0.2) is 24.8 Å². The minimum absolute atomic E-state index is 0. The van der Waals surface area contributed by atoms with Crippen molar-refractivity contribution in [3.05, 3.63) is 190 Å². The number of fused-ring (bicyclic) bond motifs is 3. The standard InChI is InChI=1S/C59H71BNO.C14H16NSi.Ir/c1-33(2)42-27-50(37(9)10)57(51(28-42)38(11)12)60(58-52(39(13)14)29-43(34(3)4)30-53(58)40(15)16)44-23-24-47-48-21-18-22-49(59(48)62-55(47)32-44)54-31-41(25-26-61-54)56-45(35(5)6)19-17-20-46(56)36(7)8;1-16(2,3)13-9-10-14(15-11-13)12-7-5-4-6-8-12;/h17-21,23-40H,1-16H3;4-7,9-11H,1-3H3;/q2*-1;/i;4D;. The van der Waals surface area contributed by atoms with Gasteiger partial charge in [0.05, 0.1) is 13.7 Å². The van der Waals surface area contributed by atoms with Gasteiger partial charge in [-0.2, -0.15) is 0 Å². The molecule has 0 amide bonds. The van der Waals surface area contributed by atoms with Crippen LogP contribution in [0.1, 0.15) is 204 Å². The van der Waals surface area contributed by atoms with Crippen LogP contribution in [0.3, 0.4) is 0 Å². The van der Waals surface area contributed by atoms with E-state index in [1.165, 1.54) is 77.2 Å². The molecule has 0 aliphatic carbocycles. The molecular formula is C73H87BIrN2OSi-2. The van der Waals surface area contributed by atoms with Gasteiger partial charge in [0, 0.05) is 37.9 Å². The molecular weight excluding hydrogens is 1150 g/mol. The number of furan rings is 1. The van der Waals surface area contributed by atoms with Crippen molar-refractivity contribution in [1.29, 1.82) is 0 Å². The summed E-state index contributed by atoms with van der Waals surface area (Å²) in [6.45, 7) is 44.5. The molecule has 0 unspecified atom stereocenters. The third-order valence-electron chi connectivity index (χ3n) is 16.0. The predicted molar refractivity (Wildman–Crippen MR) is 343 cm³/mol. The van der Waals surface area contributed by atoms with Crippen LogP contribution >= 0.6 is 0 Å². The molecule has 0 aliphatic rings. The van der Waals surface area contributed by atoms with Gasteiger partial charge in [-0.1, -0.05) is 231 Å². The largest absolute Gasteiger partial charge is 0.501 e. The number of hydrogen-bond acceptors (Lipinski definition) is 3. The maximum absolute atomic E-state index is 7.42. The van der Waals surface area contributed by atoms with Crippen molar-refractivity contribution in [3.8, 4) is 33.6 Å². The van der Waals surface area contributed by atoms with E-state index in [9.17, 15) is 0 Å². The summed E-state index contributed by atoms with van der Waals surface area (Å²) in [6.07, 6.45) is 3.93. The molecule has 3 aromatic heterocycles. The maximum Gasteiger partial charge on any atom is 0.242 e. The Hall–Kier alpha value is -5.65. The van der Waals surface area contributed by atoms with Crippen molar-refractivity contribution >= 4 is 58.3 Å². The number of hydrogen-bond donors (Lipinski definition) is 0. The van der Waals surface area contributed by atoms with Crippen LogP contribution in [0.4, 0.5) is 0 Å². The first-order chi connectivity index (χ1) is 37.4. The Morgan fingerprint density at radius 1 is 0.506 bits per heavy atom. The second kappa shape index (κ2) is 25.4. The average molecular weight is 1240 g/mol. The first-order valence-electron chi connectivity index (χ1n) is 29.6. The van der Waals surface area contributed by atoms with Gasteiger partial charge in [0.2, 0.25) is 6.71 Å². The van der Waals surface area contributed by atoms with Crippen molar-refractivity contribution < 1.29 is 25.9 Å². The average Bonchev–Trinajstić information content (AvgIpc) is 3.85. The summed E-state index contributed by atoms with van der Waals surface area (Å²) in [5.41, 5.74) is 23.5. The van der Waals surface area contributed by atoms with E-state index in [-0.39, 0.29) is 26.8 Å². The summed E-state index contributed by atoms with van der Waals surface area (Å²) in [4.78, 5) is 9.47. The molecule has 1 radical (unpaired) electrons. The summed E-state index contributed by atoms with van der Waals surface area (Å²) in [6, 6.07) is 49.3. The molecule has 0 spiro atoms. The minimum Gasteiger partial charge on any atom is -0.501 e. The molecule has 3 nitrogen and oxygen atoms in total. The third kappa shape index (κ3) is 13.1. The Morgan fingerprint density at radius 2 is 1.05 bits per heavy atom. The number of pyridine rings is 2. The van der Waals surface area contributed by atoms with Gasteiger partial charge >= 0.3 is 0 Å². The fourth-order valence-corrected chi connectivity index (χ4v) is 12.4. The van der Waals surface area contributed by atoms with Crippen LogP contribution in [0, 0.1) is 12.1 Å². The molecule has 0 bridgehead atoms. The Bertz CT molecular complexity index is 3420. The molecule has 6 heteroatoms. The normalized spacial score (nSPS) is 12.2. The van der Waals surface area contributed by atoms with Gasteiger partial charge in [0.15, 0.2) is 0 Å². The van der Waals surface area contributed by atoms with Crippen molar-refractivity contribution in [3.63, 3.8) is 0 Å². The Labute approximate surface area is 492 Å². The van der Waals surface area contributed by atoms with Crippen LogP contribution in [-0.2, 0) is 20.1 Å². The maximum atomic E-state index is 7.42. The fourth-order valence-electron chi connectivity index (χ4n) is 11.4. The van der Waals surface area contributed by atoms with Crippen molar-refractivity contribution in [2.24, 2.45) is 0 Å². The van der Waals surface area contributed by atoms with Crippen molar-refractivity contribution in [2.45, 2.75) is 178 Å². The van der Waals surface area contributed by atoms with Crippen LogP contribution < -0.4 is 21.6 Å². The first-order valence-corrected chi connectivity index (χ1v) is 32.6. The molecule has 0 saturated heterocycles. The minimum atomic E-state index is -1.27. The zero-order valence-electron chi connectivity index (χ0n) is 52.0. The van der Waals surface area contributed by atoms with Gasteiger partial charge in [0.1, 0.15) is 5.58 Å². The quantitative estimate of drug-likeness (QED) is 0.0758. The van der Waals surface area contributed by atoms with Crippen molar-refractivity contribution in [2.75, 3.05) is 0 Å². The molecule has 9 rings (SSSR count). The zero-order valence-corrected chi connectivity index (χ0v) is 54.4. The molecule has 9 aromatic rings. The predicted octanol–water partition coefficient (Wildman–Crippen LogP) is 18.7. The van der Waals surface area contributed by atoms with Gasteiger partial charge in [0.25, 0.3) is 0 Å². The molecule has 413 valence electrons. The molecule has 0 saturated carbocycles. The molecule has 6 aromatic carbocycles. The number of aromatic nitrogens is 2. The van der Waals surface area contributed by atoms with Crippen LogP contribution in [0.2, 0.25) is 19.6 Å². The Kier molecular flexibility index (Phi) is 19.1. The van der Waals surface area contributed by atoms with E-state index in [0.29, 0.717) is 53.4 Å². The van der Waals surface area contributed by atoms with Gasteiger partial charge in [-0.05, 0) is 133 Å². The summed E-state index contributed by atoms with van der Waals surface area (Å²) < 4.78 is 14.5. The molecule has 0 N–H and O–H groups in total. The van der Waals surface area contributed by atoms with E-state index in [2.05, 4.69) is 232 Å². The topological polar surface area (TPSA) is 38.9 Å². The zero-order chi connectivity index (χ0) is 57.4. The summed E-state index contributed by atoms with van der Waals surface area (Å²) in [7, 11) is -1.27. The smallest absolute Gasteiger partial charge is 0.242 e. The first kappa shape index (κ1) is 59.5. The third-order valence-corrected chi connectivity index (χ3v) is 18.0. The van der Waals surface area contributed by atoms with Crippen LogP contribution in [0.5, 0.6) is 0 Å². The van der Waals surface area contributed by atoms with E-state index in [1.54, 1.807) is 12.1 Å². The summed E-state index contributed by atoms with van der Waals surface area (Å²) in [5, 5.41) is 3.57. The van der Waals surface area contributed by atoms with Crippen molar-refractivity contribution in [1.82, 2.24) is 9.97 Å². The van der Waals surface area contributed by atoms with Gasteiger partial charge < -0.3 is 14.4 Å². The second-order valence-corrected chi connectivity index (χ2v) is 30.6. The number of rotatable bonds is 15. The van der Waals surface area contributed by atoms with E-state index >= 15 is 0 Å². The second-order valence-electron chi connectivity index (χ2n) is 25.5. The summed E-state index contributed by atoms with van der Waals surface area (Å²) >= 11 is 0. The molecule has 0 fully saturated rings. The molecule has 0 atom stereocenters. The van der Waals surface area contributed by atoms with E-state index < -0.39 is 8.07 Å². The molecule has 3 heterocycles. The van der Waals surface area contributed by atoms with E-state index in [1.807, 2.05) is 30.6 Å². The molecule has 0 aliphatic heterocycles. The summed E-state index contributed by atoms with van der Waals surface area (Å²) in [5.74, 6) is 3.07. The Balaban J connectivity index is 0.000000437. The van der Waals surface area contributed by atoms with Gasteiger partial charge in [-0.25, -0.2) is 0 Å². The van der Waals surface area contributed by atoms with Gasteiger partial charge in [-0.15, -0.1) is 54.1 Å². The SMILES string of the molecule is CC(C)c1cc(C(C)C)c(B(c2ccc3c(c2)oc2c(-c4cc(-c5c(C(C)C)cccc5C(C)C)ccn4)[c-]ccc23)c2c(C(C)C)cc(C(C)C)cc2C(C)C)c(C(C)C)c1.[2H]c1c[c-]c(-c2ccc([Si](C)(C)C)cn2)cc1.[Ir]. The van der Waals surface area contributed by atoms with E-state index in [4.69, 9.17) is 10.8 Å².